The molecule has 1 aliphatic heterocycles. The van der Waals surface area contributed by atoms with Gasteiger partial charge in [0.2, 0.25) is 5.91 Å². The summed E-state index contributed by atoms with van der Waals surface area (Å²) in [6, 6.07) is 8.21. The monoisotopic (exact) mass is 301 g/mol. The van der Waals surface area contributed by atoms with E-state index in [-0.39, 0.29) is 5.91 Å². The van der Waals surface area contributed by atoms with Crippen molar-refractivity contribution in [3.05, 3.63) is 29.3 Å². The van der Waals surface area contributed by atoms with Crippen molar-refractivity contribution in [2.24, 2.45) is 5.92 Å². The molecular weight excluding hydrogens is 278 g/mol. The Hall–Kier alpha value is -2.06. The number of carbonyl (C=O) groups is 1. The second kappa shape index (κ2) is 7.28. The van der Waals surface area contributed by atoms with Crippen molar-refractivity contribution < 1.29 is 9.53 Å². The first kappa shape index (κ1) is 16.3. The molecule has 1 N–H and O–H groups in total. The second-order valence-electron chi connectivity index (χ2n) is 5.86. The Morgan fingerprint density at radius 2 is 2.32 bits per heavy atom. The number of ether oxygens (including phenoxy) is 1. The standard InChI is InChI=1S/C17H23N3O2/c1-12-11-20(13(2)21)7-6-16(12)19-10-14-4-5-17(22-3)15(8-14)9-18/h4-5,8,12,16,19H,6-7,10-11H2,1-3H3/t12-,16+/m1/s1. The molecule has 0 bridgehead atoms. The highest BCUT2D eigenvalue weighted by Gasteiger charge is 2.26. The predicted octanol–water partition coefficient (Wildman–Crippen LogP) is 1.91. The number of nitriles is 1. The molecule has 0 unspecified atom stereocenters. The normalized spacial score (nSPS) is 21.3. The Morgan fingerprint density at radius 1 is 1.55 bits per heavy atom. The fourth-order valence-corrected chi connectivity index (χ4v) is 2.94. The van der Waals surface area contributed by atoms with Gasteiger partial charge in [-0.3, -0.25) is 4.79 Å². The van der Waals surface area contributed by atoms with E-state index in [1.165, 1.54) is 0 Å². The van der Waals surface area contributed by atoms with Crippen molar-refractivity contribution in [2.45, 2.75) is 32.9 Å². The van der Waals surface area contributed by atoms with Crippen molar-refractivity contribution in [1.29, 1.82) is 5.26 Å². The molecule has 2 atom stereocenters. The number of nitrogens with one attached hydrogen (secondary N) is 1. The third-order valence-electron chi connectivity index (χ3n) is 4.30. The summed E-state index contributed by atoms with van der Waals surface area (Å²) >= 11 is 0. The number of benzene rings is 1. The van der Waals surface area contributed by atoms with Crippen LogP contribution in [0.4, 0.5) is 0 Å². The first-order valence-electron chi connectivity index (χ1n) is 7.61. The van der Waals surface area contributed by atoms with Gasteiger partial charge >= 0.3 is 0 Å². The van der Waals surface area contributed by atoms with Gasteiger partial charge in [-0.1, -0.05) is 13.0 Å². The van der Waals surface area contributed by atoms with Gasteiger partial charge in [-0.25, -0.2) is 0 Å². The van der Waals surface area contributed by atoms with Gasteiger partial charge in [-0.2, -0.15) is 5.26 Å². The van der Waals surface area contributed by atoms with Crippen LogP contribution in [0.15, 0.2) is 18.2 Å². The molecule has 1 amide bonds. The molecule has 2 rings (SSSR count). The number of rotatable bonds is 4. The Morgan fingerprint density at radius 3 is 2.91 bits per heavy atom. The molecule has 0 spiro atoms. The van der Waals surface area contributed by atoms with Crippen molar-refractivity contribution in [3.63, 3.8) is 0 Å². The number of methoxy groups -OCH3 is 1. The third kappa shape index (κ3) is 3.77. The van der Waals surface area contributed by atoms with Crippen molar-refractivity contribution in [1.82, 2.24) is 10.2 Å². The van der Waals surface area contributed by atoms with E-state index in [2.05, 4.69) is 18.3 Å². The maximum Gasteiger partial charge on any atom is 0.219 e. The topological polar surface area (TPSA) is 65.4 Å². The minimum Gasteiger partial charge on any atom is -0.495 e. The maximum absolute atomic E-state index is 11.4. The fraction of sp³-hybridized carbons (Fsp3) is 0.529. The minimum absolute atomic E-state index is 0.152. The molecule has 1 aliphatic rings. The van der Waals surface area contributed by atoms with Crippen LogP contribution in [-0.4, -0.2) is 37.0 Å². The third-order valence-corrected chi connectivity index (χ3v) is 4.30. The van der Waals surface area contributed by atoms with Gasteiger partial charge in [0.1, 0.15) is 11.8 Å². The van der Waals surface area contributed by atoms with Gasteiger partial charge in [-0.15, -0.1) is 0 Å². The Bertz CT molecular complexity index is 580. The van der Waals surface area contributed by atoms with Crippen LogP contribution < -0.4 is 10.1 Å². The maximum atomic E-state index is 11.4. The summed E-state index contributed by atoms with van der Waals surface area (Å²) < 4.78 is 5.16. The minimum atomic E-state index is 0.152. The fourth-order valence-electron chi connectivity index (χ4n) is 2.94. The predicted molar refractivity (Wildman–Crippen MR) is 84.4 cm³/mol. The number of nitrogens with zero attached hydrogens (tertiary/aromatic N) is 2. The Labute approximate surface area is 131 Å². The molecule has 22 heavy (non-hydrogen) atoms. The average molecular weight is 301 g/mol. The summed E-state index contributed by atoms with van der Waals surface area (Å²) in [5.41, 5.74) is 1.62. The smallest absolute Gasteiger partial charge is 0.219 e. The molecule has 5 heteroatoms. The largest absolute Gasteiger partial charge is 0.495 e. The van der Waals surface area contributed by atoms with Crippen LogP contribution in [0.25, 0.3) is 0 Å². The van der Waals surface area contributed by atoms with E-state index < -0.39 is 0 Å². The van der Waals surface area contributed by atoms with E-state index in [1.807, 2.05) is 23.1 Å². The summed E-state index contributed by atoms with van der Waals surface area (Å²) in [6.45, 7) is 6.12. The summed E-state index contributed by atoms with van der Waals surface area (Å²) in [6.07, 6.45) is 0.960. The van der Waals surface area contributed by atoms with E-state index >= 15 is 0 Å². The van der Waals surface area contributed by atoms with Crippen LogP contribution in [0.2, 0.25) is 0 Å². The van der Waals surface area contributed by atoms with Crippen molar-refractivity contribution in [3.8, 4) is 11.8 Å². The summed E-state index contributed by atoms with van der Waals surface area (Å²) in [4.78, 5) is 13.3. The number of likely N-dealkylation sites (tertiary alicyclic amines) is 1. The highest BCUT2D eigenvalue weighted by atomic mass is 16.5. The van der Waals surface area contributed by atoms with Crippen molar-refractivity contribution >= 4 is 5.91 Å². The molecule has 1 aromatic carbocycles. The molecule has 1 heterocycles. The van der Waals surface area contributed by atoms with E-state index in [0.29, 0.717) is 29.8 Å². The van der Waals surface area contributed by atoms with E-state index in [1.54, 1.807) is 14.0 Å². The van der Waals surface area contributed by atoms with Crippen molar-refractivity contribution in [2.75, 3.05) is 20.2 Å². The van der Waals surface area contributed by atoms with Gasteiger partial charge in [0.05, 0.1) is 12.7 Å². The lowest BCUT2D eigenvalue weighted by atomic mass is 9.93. The Balaban J connectivity index is 1.94. The summed E-state index contributed by atoms with van der Waals surface area (Å²) in [7, 11) is 1.57. The molecule has 0 saturated carbocycles. The number of piperidine rings is 1. The van der Waals surface area contributed by atoms with Crippen LogP contribution in [0.1, 0.15) is 31.4 Å². The molecule has 5 nitrogen and oxygen atoms in total. The summed E-state index contributed by atoms with van der Waals surface area (Å²) in [5.74, 6) is 1.18. The highest BCUT2D eigenvalue weighted by molar-refractivity contribution is 5.73. The lowest BCUT2D eigenvalue weighted by Gasteiger charge is -2.37. The highest BCUT2D eigenvalue weighted by Crippen LogP contribution is 2.20. The second-order valence-corrected chi connectivity index (χ2v) is 5.86. The quantitative estimate of drug-likeness (QED) is 0.922. The van der Waals surface area contributed by atoms with E-state index in [0.717, 1.165) is 25.1 Å². The first-order chi connectivity index (χ1) is 10.5. The van der Waals surface area contributed by atoms with Gasteiger partial charge in [0.25, 0.3) is 0 Å². The number of amides is 1. The van der Waals surface area contributed by atoms with E-state index in [4.69, 9.17) is 10.00 Å². The summed E-state index contributed by atoms with van der Waals surface area (Å²) in [5, 5.41) is 12.7. The molecule has 1 saturated heterocycles. The lowest BCUT2D eigenvalue weighted by Crippen LogP contribution is -2.49. The number of hydrogen-bond donors (Lipinski definition) is 1. The zero-order valence-corrected chi connectivity index (χ0v) is 13.4. The lowest BCUT2D eigenvalue weighted by molar-refractivity contribution is -0.130. The van der Waals surface area contributed by atoms with Crippen LogP contribution in [0, 0.1) is 17.2 Å². The zero-order valence-electron chi connectivity index (χ0n) is 13.4. The van der Waals surface area contributed by atoms with E-state index in [9.17, 15) is 4.79 Å². The molecule has 0 aromatic heterocycles. The Kier molecular flexibility index (Phi) is 5.40. The van der Waals surface area contributed by atoms with Gasteiger partial charge in [-0.05, 0) is 30.0 Å². The van der Waals surface area contributed by atoms with Crippen LogP contribution >= 0.6 is 0 Å². The number of carbonyl (C=O) groups excluding carboxylic acids is 1. The number of hydrogen-bond acceptors (Lipinski definition) is 4. The SMILES string of the molecule is COc1ccc(CN[C@H]2CCN(C(C)=O)C[C@H]2C)cc1C#N. The van der Waals surface area contributed by atoms with Crippen LogP contribution in [0.5, 0.6) is 5.75 Å². The molecular formula is C17H23N3O2. The first-order valence-corrected chi connectivity index (χ1v) is 7.61. The van der Waals surface area contributed by atoms with Gasteiger partial charge in [0.15, 0.2) is 0 Å². The molecule has 1 fully saturated rings. The van der Waals surface area contributed by atoms with Crippen LogP contribution in [-0.2, 0) is 11.3 Å². The average Bonchev–Trinajstić information content (AvgIpc) is 2.53. The molecule has 118 valence electrons. The molecule has 1 aromatic rings. The molecule has 0 radical (unpaired) electrons. The van der Waals surface area contributed by atoms with Gasteiger partial charge in [0, 0.05) is 32.6 Å². The van der Waals surface area contributed by atoms with Crippen LogP contribution in [0.3, 0.4) is 0 Å². The van der Waals surface area contributed by atoms with Gasteiger partial charge < -0.3 is 15.0 Å². The molecule has 0 aliphatic carbocycles. The zero-order chi connectivity index (χ0) is 16.1.